The van der Waals surface area contributed by atoms with Crippen molar-refractivity contribution < 1.29 is 14.3 Å². The zero-order valence-electron chi connectivity index (χ0n) is 19.8. The normalized spacial score (nSPS) is 15.1. The van der Waals surface area contributed by atoms with E-state index in [1.54, 1.807) is 4.90 Å². The van der Waals surface area contributed by atoms with Crippen LogP contribution in [0.25, 0.3) is 0 Å². The van der Waals surface area contributed by atoms with Crippen molar-refractivity contribution in [1.82, 2.24) is 10.2 Å². The van der Waals surface area contributed by atoms with Gasteiger partial charge in [-0.3, -0.25) is 9.59 Å². The lowest BCUT2D eigenvalue weighted by molar-refractivity contribution is -0.142. The number of nitrogens with one attached hydrogen (secondary N) is 1. The zero-order chi connectivity index (χ0) is 23.1. The maximum atomic E-state index is 13.2. The number of hydrogen-bond donors (Lipinski definition) is 1. The number of hydrogen-bond acceptors (Lipinski definition) is 3. The fourth-order valence-corrected chi connectivity index (χ4v) is 4.13. The third kappa shape index (κ3) is 6.59. The highest BCUT2D eigenvalue weighted by atomic mass is 16.5. The van der Waals surface area contributed by atoms with Crippen LogP contribution in [0.4, 0.5) is 0 Å². The van der Waals surface area contributed by atoms with Gasteiger partial charge in [-0.05, 0) is 63.3 Å². The second-order valence-electron chi connectivity index (χ2n) is 9.08. The van der Waals surface area contributed by atoms with Crippen LogP contribution in [0.3, 0.4) is 0 Å². The number of carbonyl (C=O) groups excluding carboxylic acids is 2. The molecule has 0 spiro atoms. The Hall–Kier alpha value is -2.82. The van der Waals surface area contributed by atoms with Crippen molar-refractivity contribution in [3.63, 3.8) is 0 Å². The van der Waals surface area contributed by atoms with Crippen molar-refractivity contribution in [1.29, 1.82) is 0 Å². The molecule has 0 heterocycles. The Morgan fingerprint density at radius 2 is 1.66 bits per heavy atom. The van der Waals surface area contributed by atoms with Gasteiger partial charge in [-0.2, -0.15) is 0 Å². The second kappa shape index (κ2) is 11.2. The van der Waals surface area contributed by atoms with Crippen molar-refractivity contribution in [3.8, 4) is 5.75 Å². The Kier molecular flexibility index (Phi) is 8.32. The van der Waals surface area contributed by atoms with Crippen molar-refractivity contribution in [2.75, 3.05) is 6.61 Å². The second-order valence-corrected chi connectivity index (χ2v) is 9.08. The molecule has 2 aromatic carbocycles. The van der Waals surface area contributed by atoms with E-state index in [2.05, 4.69) is 5.32 Å². The minimum Gasteiger partial charge on any atom is -0.483 e. The third-order valence-electron chi connectivity index (χ3n) is 6.29. The van der Waals surface area contributed by atoms with E-state index in [0.717, 1.165) is 47.9 Å². The van der Waals surface area contributed by atoms with Gasteiger partial charge in [0.2, 0.25) is 5.91 Å². The number of carbonyl (C=O) groups is 2. The molecule has 1 saturated carbocycles. The molecule has 0 unspecified atom stereocenters. The molecule has 1 aliphatic rings. The monoisotopic (exact) mass is 436 g/mol. The standard InChI is InChI=1S/C27H36N2O3/c1-19-11-14-23(15-12-19)17-29(22(4)27(31)28-24-8-6-5-7-9-24)26(30)18-32-25-16-20(2)10-13-21(25)3/h10-16,22,24H,5-9,17-18H2,1-4H3,(H,28,31)/t22-/m1/s1. The topological polar surface area (TPSA) is 58.6 Å². The van der Waals surface area contributed by atoms with E-state index in [4.69, 9.17) is 4.74 Å². The number of amides is 2. The van der Waals surface area contributed by atoms with E-state index in [1.165, 1.54) is 6.42 Å². The summed E-state index contributed by atoms with van der Waals surface area (Å²) < 4.78 is 5.87. The van der Waals surface area contributed by atoms with Gasteiger partial charge >= 0.3 is 0 Å². The zero-order valence-corrected chi connectivity index (χ0v) is 19.8. The number of aryl methyl sites for hydroxylation is 3. The van der Waals surface area contributed by atoms with Crippen molar-refractivity contribution in [3.05, 3.63) is 64.7 Å². The number of benzene rings is 2. The van der Waals surface area contributed by atoms with Gasteiger partial charge in [0.1, 0.15) is 11.8 Å². The van der Waals surface area contributed by atoms with Gasteiger partial charge in [-0.25, -0.2) is 0 Å². The molecular formula is C27H36N2O3. The fraction of sp³-hybridized carbons (Fsp3) is 0.481. The highest BCUT2D eigenvalue weighted by Crippen LogP contribution is 2.20. The van der Waals surface area contributed by atoms with Crippen molar-refractivity contribution in [2.24, 2.45) is 0 Å². The molecule has 3 rings (SSSR count). The van der Waals surface area contributed by atoms with Crippen LogP contribution in [0, 0.1) is 20.8 Å². The third-order valence-corrected chi connectivity index (χ3v) is 6.29. The van der Waals surface area contributed by atoms with Gasteiger partial charge in [0.15, 0.2) is 6.61 Å². The fourth-order valence-electron chi connectivity index (χ4n) is 4.13. The van der Waals surface area contributed by atoms with Crippen LogP contribution in [0.1, 0.15) is 61.3 Å². The summed E-state index contributed by atoms with van der Waals surface area (Å²) >= 11 is 0. The molecular weight excluding hydrogens is 400 g/mol. The van der Waals surface area contributed by atoms with E-state index < -0.39 is 6.04 Å². The predicted octanol–water partition coefficient (Wildman–Crippen LogP) is 4.86. The van der Waals surface area contributed by atoms with Crippen LogP contribution in [-0.2, 0) is 16.1 Å². The molecule has 2 amide bonds. The smallest absolute Gasteiger partial charge is 0.261 e. The minimum atomic E-state index is -0.576. The average Bonchev–Trinajstić information content (AvgIpc) is 2.79. The average molecular weight is 437 g/mol. The van der Waals surface area contributed by atoms with Crippen LogP contribution >= 0.6 is 0 Å². The van der Waals surface area contributed by atoms with Crippen molar-refractivity contribution >= 4 is 11.8 Å². The molecule has 1 fully saturated rings. The molecule has 1 atom stereocenters. The first-order valence-corrected chi connectivity index (χ1v) is 11.7. The SMILES string of the molecule is Cc1ccc(CN(C(=O)COc2cc(C)ccc2C)[C@H](C)C(=O)NC2CCCCC2)cc1. The summed E-state index contributed by atoms with van der Waals surface area (Å²) in [4.78, 5) is 27.9. The van der Waals surface area contributed by atoms with E-state index in [0.29, 0.717) is 12.3 Å². The molecule has 1 aliphatic carbocycles. The van der Waals surface area contributed by atoms with Gasteiger partial charge < -0.3 is 15.0 Å². The first-order chi connectivity index (χ1) is 15.3. The van der Waals surface area contributed by atoms with Gasteiger partial charge in [-0.1, -0.05) is 61.2 Å². The van der Waals surface area contributed by atoms with E-state index in [1.807, 2.05) is 70.2 Å². The summed E-state index contributed by atoms with van der Waals surface area (Å²) in [6, 6.07) is 13.6. The molecule has 0 aromatic heterocycles. The van der Waals surface area contributed by atoms with Gasteiger partial charge in [0.05, 0.1) is 0 Å². The molecule has 2 aromatic rings. The van der Waals surface area contributed by atoms with Gasteiger partial charge in [-0.15, -0.1) is 0 Å². The van der Waals surface area contributed by atoms with Crippen LogP contribution in [-0.4, -0.2) is 35.4 Å². The number of rotatable bonds is 8. The Bertz CT molecular complexity index is 917. The minimum absolute atomic E-state index is 0.0934. The van der Waals surface area contributed by atoms with E-state index >= 15 is 0 Å². The van der Waals surface area contributed by atoms with Crippen LogP contribution in [0.5, 0.6) is 5.75 Å². The Balaban J connectivity index is 1.72. The highest BCUT2D eigenvalue weighted by Gasteiger charge is 2.28. The van der Waals surface area contributed by atoms with Gasteiger partial charge in [0, 0.05) is 12.6 Å². The Morgan fingerprint density at radius 3 is 2.34 bits per heavy atom. The van der Waals surface area contributed by atoms with E-state index in [9.17, 15) is 9.59 Å². The molecule has 0 saturated heterocycles. The maximum Gasteiger partial charge on any atom is 0.261 e. The molecule has 172 valence electrons. The number of nitrogens with zero attached hydrogens (tertiary/aromatic N) is 1. The summed E-state index contributed by atoms with van der Waals surface area (Å²) in [5.74, 6) is 0.412. The van der Waals surface area contributed by atoms with E-state index in [-0.39, 0.29) is 24.5 Å². The Morgan fingerprint density at radius 1 is 1.00 bits per heavy atom. The summed E-state index contributed by atoms with van der Waals surface area (Å²) in [6.45, 7) is 8.07. The molecule has 1 N–H and O–H groups in total. The van der Waals surface area contributed by atoms with Gasteiger partial charge in [0.25, 0.3) is 5.91 Å². The van der Waals surface area contributed by atoms with Crippen LogP contribution < -0.4 is 10.1 Å². The largest absolute Gasteiger partial charge is 0.483 e. The molecule has 5 nitrogen and oxygen atoms in total. The predicted molar refractivity (Wildman–Crippen MR) is 128 cm³/mol. The molecule has 0 bridgehead atoms. The lowest BCUT2D eigenvalue weighted by Gasteiger charge is -2.31. The molecule has 0 radical (unpaired) electrons. The first kappa shape index (κ1) is 23.8. The number of ether oxygens (including phenoxy) is 1. The highest BCUT2D eigenvalue weighted by molar-refractivity contribution is 5.88. The van der Waals surface area contributed by atoms with Crippen LogP contribution in [0.2, 0.25) is 0 Å². The summed E-state index contributed by atoms with van der Waals surface area (Å²) in [6.07, 6.45) is 5.56. The Labute approximate surface area is 192 Å². The molecule has 5 heteroatoms. The maximum absolute atomic E-state index is 13.2. The quantitative estimate of drug-likeness (QED) is 0.643. The summed E-state index contributed by atoms with van der Waals surface area (Å²) in [5, 5.41) is 3.17. The first-order valence-electron chi connectivity index (χ1n) is 11.7. The summed E-state index contributed by atoms with van der Waals surface area (Å²) in [5.41, 5.74) is 4.22. The molecule has 32 heavy (non-hydrogen) atoms. The lowest BCUT2D eigenvalue weighted by atomic mass is 9.95. The van der Waals surface area contributed by atoms with Crippen LogP contribution in [0.15, 0.2) is 42.5 Å². The molecule has 0 aliphatic heterocycles. The summed E-state index contributed by atoms with van der Waals surface area (Å²) in [7, 11) is 0. The lowest BCUT2D eigenvalue weighted by Crippen LogP contribution is -2.51. The van der Waals surface area contributed by atoms with Crippen molar-refractivity contribution in [2.45, 2.75) is 78.4 Å².